The quantitative estimate of drug-likeness (QED) is 0.0736. The Labute approximate surface area is 353 Å². The number of aromatic hydroxyl groups is 1. The summed E-state index contributed by atoms with van der Waals surface area (Å²) in [5, 5.41) is 72.8. The predicted molar refractivity (Wildman–Crippen MR) is 217 cm³/mol. The second kappa shape index (κ2) is 22.6. The highest BCUT2D eigenvalue weighted by molar-refractivity contribution is 5.96. The number of hydrogen-bond acceptors (Lipinski definition) is 13. The highest BCUT2D eigenvalue weighted by atomic mass is 16.8. The van der Waals surface area contributed by atoms with Crippen LogP contribution in [0.25, 0.3) is 11.1 Å². The number of likely N-dealkylation sites (N-methyl/N-ethyl adjacent to an activating group) is 2. The number of carboxylic acid groups (broad SMARTS) is 1. The van der Waals surface area contributed by atoms with E-state index >= 15 is 0 Å². The molecule has 2 aromatic carbocycles. The van der Waals surface area contributed by atoms with Crippen LogP contribution in [0.15, 0.2) is 30.3 Å². The number of carboxylic acids is 1. The topological polar surface area (TPSA) is 302 Å². The molecule has 0 saturated carbocycles. The smallest absolute Gasteiger partial charge is 0.326 e. The van der Waals surface area contributed by atoms with E-state index in [1.54, 1.807) is 0 Å². The summed E-state index contributed by atoms with van der Waals surface area (Å²) < 4.78 is 0. The normalized spacial score (nSPS) is 17.5. The Balaban J connectivity index is 1.80. The standard InChI is InChI=1S/C41H59N7O13/c1-22(2)12-10-8-7-9-11-13-33(51)46(5)31(21-49)39(56)43-23(3)37(54)42-20-34(52)47(6)35-26-14-15-32(50)27(19-26)28-16-25(18-30(36(28)53)48(60)61)17-29(41(58)59)45-38(55)24(4)44-40(35)57/h14-16,18-19,22-24,29,31,35,49-50,53,60-61H,7-13,17,20-21H2,1-6H3,(H,42,54)(H,43,56)(H,44,57)(H,45,55)(H,58,59)/p-1/t23-,24+,29+,31-,35-/m1/s1. The third-order valence-corrected chi connectivity index (χ3v) is 10.5. The van der Waals surface area contributed by atoms with E-state index in [1.807, 2.05) is 0 Å². The number of hydrogen-bond donors (Lipinski definition) is 9. The van der Waals surface area contributed by atoms with E-state index in [9.17, 15) is 64.4 Å². The van der Waals surface area contributed by atoms with Crippen LogP contribution in [0.5, 0.6) is 11.5 Å². The molecule has 4 bridgehead atoms. The minimum absolute atomic E-state index is 0.00672. The summed E-state index contributed by atoms with van der Waals surface area (Å²) in [7, 11) is 2.58. The van der Waals surface area contributed by atoms with Gasteiger partial charge in [0.2, 0.25) is 35.4 Å². The van der Waals surface area contributed by atoms with Crippen molar-refractivity contribution in [1.82, 2.24) is 31.1 Å². The van der Waals surface area contributed by atoms with E-state index in [2.05, 4.69) is 35.1 Å². The number of amides is 6. The van der Waals surface area contributed by atoms with Gasteiger partial charge in [0.1, 0.15) is 36.0 Å². The van der Waals surface area contributed by atoms with Crippen LogP contribution in [0, 0.1) is 5.92 Å². The lowest BCUT2D eigenvalue weighted by Gasteiger charge is -2.31. The number of aliphatic hydroxyl groups is 1. The number of carbonyl (C=O) groups is 7. The van der Waals surface area contributed by atoms with Crippen molar-refractivity contribution in [2.75, 3.05) is 32.5 Å². The number of aliphatic hydroxyl groups excluding tert-OH is 1. The van der Waals surface area contributed by atoms with E-state index < -0.39 is 108 Å². The first-order chi connectivity index (χ1) is 28.7. The van der Waals surface area contributed by atoms with Gasteiger partial charge >= 0.3 is 5.97 Å². The molecule has 9 N–H and O–H groups in total. The van der Waals surface area contributed by atoms with E-state index in [-0.39, 0.29) is 34.6 Å². The van der Waals surface area contributed by atoms with Crippen LogP contribution >= 0.6 is 0 Å². The lowest BCUT2D eigenvalue weighted by Crippen LogP contribution is -2.55. The van der Waals surface area contributed by atoms with Gasteiger partial charge in [-0.2, -0.15) is 0 Å². The number of benzene rings is 2. The van der Waals surface area contributed by atoms with Crippen molar-refractivity contribution in [1.29, 1.82) is 0 Å². The fourth-order valence-electron chi connectivity index (χ4n) is 6.77. The number of fused-ring (bicyclic) bond motifs is 5. The van der Waals surface area contributed by atoms with Gasteiger partial charge in [-0.15, -0.1) is 5.23 Å². The molecule has 5 atom stereocenters. The number of nitrogens with zero attached hydrogens (tertiary/aromatic N) is 3. The number of anilines is 1. The lowest BCUT2D eigenvalue weighted by molar-refractivity contribution is -0.267. The first-order valence-electron chi connectivity index (χ1n) is 20.1. The van der Waals surface area contributed by atoms with Crippen LogP contribution in [0.4, 0.5) is 5.69 Å². The molecule has 1 aliphatic heterocycles. The molecule has 0 radical (unpaired) electrons. The van der Waals surface area contributed by atoms with Gasteiger partial charge in [0.15, 0.2) is 0 Å². The minimum atomic E-state index is -1.63. The maximum atomic E-state index is 13.9. The average Bonchev–Trinajstić information content (AvgIpc) is 3.19. The van der Waals surface area contributed by atoms with Crippen LogP contribution in [-0.2, 0) is 40.0 Å². The van der Waals surface area contributed by atoms with Crippen LogP contribution in [0.3, 0.4) is 0 Å². The molecule has 1 aliphatic rings. The number of phenols is 1. The van der Waals surface area contributed by atoms with Gasteiger partial charge in [-0.3, -0.25) is 39.2 Å². The maximum absolute atomic E-state index is 13.9. The van der Waals surface area contributed by atoms with Crippen molar-refractivity contribution in [3.05, 3.63) is 41.5 Å². The molecule has 336 valence electrons. The number of rotatable bonds is 18. The van der Waals surface area contributed by atoms with Gasteiger partial charge in [-0.1, -0.05) is 63.8 Å². The molecular weight excluding hydrogens is 798 g/mol. The monoisotopic (exact) mass is 856 g/mol. The van der Waals surface area contributed by atoms with Crippen molar-refractivity contribution in [2.45, 2.75) is 109 Å². The Bertz CT molecular complexity index is 1920. The molecule has 20 heteroatoms. The first kappa shape index (κ1) is 49.4. The number of nitrogens with one attached hydrogen (secondary N) is 4. The zero-order valence-electron chi connectivity index (χ0n) is 35.3. The number of aliphatic carboxylic acids is 1. The van der Waals surface area contributed by atoms with Crippen LogP contribution < -0.4 is 31.6 Å². The van der Waals surface area contributed by atoms with Gasteiger partial charge in [0, 0.05) is 32.5 Å². The van der Waals surface area contributed by atoms with Gasteiger partial charge < -0.3 is 51.5 Å². The molecule has 0 fully saturated rings. The van der Waals surface area contributed by atoms with Crippen LogP contribution in [0.2, 0.25) is 0 Å². The highest BCUT2D eigenvalue weighted by Crippen LogP contribution is 2.41. The molecule has 0 saturated heterocycles. The predicted octanol–water partition coefficient (Wildman–Crippen LogP) is 0.674. The van der Waals surface area contributed by atoms with Gasteiger partial charge in [-0.25, -0.2) is 4.79 Å². The fraction of sp³-hybridized carbons (Fsp3) is 0.537. The van der Waals surface area contributed by atoms with Gasteiger partial charge in [0.25, 0.3) is 0 Å². The van der Waals surface area contributed by atoms with Crippen LogP contribution in [0.1, 0.15) is 89.8 Å². The first-order valence-corrected chi connectivity index (χ1v) is 20.1. The Hall–Kier alpha value is -5.99. The summed E-state index contributed by atoms with van der Waals surface area (Å²) in [5.41, 5.74) is -1.27. The molecule has 20 nitrogen and oxygen atoms in total. The zero-order chi connectivity index (χ0) is 45.7. The molecule has 6 amide bonds. The van der Waals surface area contributed by atoms with Gasteiger partial charge in [-0.05, 0) is 61.1 Å². The van der Waals surface area contributed by atoms with E-state index in [1.165, 1.54) is 46.1 Å². The molecular formula is C41H58N7O13-. The summed E-state index contributed by atoms with van der Waals surface area (Å²) in [6.45, 7) is 5.48. The SMILES string of the molecule is CC(C)CCCCCCCC(=O)N(C)[C@H](CO)C(=O)N[C@H](C)C(=O)NCC(=O)N(C)[C@H]1C(=O)N[C@@H](C)C(=O)N[C@H](C(=O)O)Cc2cc(c([O-])c(N(O)O)c2)-c2cc1ccc2O. The van der Waals surface area contributed by atoms with Crippen LogP contribution in [-0.4, -0.2) is 128 Å². The third kappa shape index (κ3) is 13.5. The van der Waals surface area contributed by atoms with E-state index in [0.29, 0.717) is 12.3 Å². The molecule has 1 heterocycles. The number of carbonyl (C=O) groups excluding carboxylic acids is 6. The van der Waals surface area contributed by atoms with Crippen molar-refractivity contribution >= 4 is 47.1 Å². The summed E-state index contributed by atoms with van der Waals surface area (Å²) in [5.74, 6) is -7.15. The highest BCUT2D eigenvalue weighted by Gasteiger charge is 2.34. The number of unbranched alkanes of at least 4 members (excludes halogenated alkanes) is 4. The average molecular weight is 857 g/mol. The molecule has 3 rings (SSSR count). The largest absolute Gasteiger partial charge is 0.871 e. The summed E-state index contributed by atoms with van der Waals surface area (Å²) in [6.07, 6.45) is 5.50. The Kier molecular flexibility index (Phi) is 18.3. The second-order valence-corrected chi connectivity index (χ2v) is 15.7. The Morgan fingerprint density at radius 2 is 1.54 bits per heavy atom. The Morgan fingerprint density at radius 1 is 0.885 bits per heavy atom. The lowest BCUT2D eigenvalue weighted by atomic mass is 9.93. The second-order valence-electron chi connectivity index (χ2n) is 15.7. The molecule has 2 aromatic rings. The van der Waals surface area contributed by atoms with Crippen molar-refractivity contribution < 1.29 is 64.4 Å². The summed E-state index contributed by atoms with van der Waals surface area (Å²) >= 11 is 0. The molecule has 61 heavy (non-hydrogen) atoms. The summed E-state index contributed by atoms with van der Waals surface area (Å²) in [6, 6.07) is -1.43. The molecule has 0 aliphatic carbocycles. The van der Waals surface area contributed by atoms with E-state index in [0.717, 1.165) is 54.0 Å². The van der Waals surface area contributed by atoms with Crippen molar-refractivity contribution in [2.24, 2.45) is 5.92 Å². The van der Waals surface area contributed by atoms with Gasteiger partial charge in [0.05, 0.1) is 18.8 Å². The number of phenolic OH excluding ortho intramolecular Hbond substituents is 1. The fourth-order valence-corrected chi connectivity index (χ4v) is 6.77. The van der Waals surface area contributed by atoms with E-state index in [4.69, 9.17) is 0 Å². The maximum Gasteiger partial charge on any atom is 0.326 e. The van der Waals surface area contributed by atoms with Crippen molar-refractivity contribution in [3.8, 4) is 22.6 Å². The molecule has 0 spiro atoms. The minimum Gasteiger partial charge on any atom is -0.871 e. The third-order valence-electron chi connectivity index (χ3n) is 10.5. The summed E-state index contributed by atoms with van der Waals surface area (Å²) in [4.78, 5) is 93.8. The zero-order valence-corrected chi connectivity index (χ0v) is 35.3. The Morgan fingerprint density at radius 3 is 2.16 bits per heavy atom. The van der Waals surface area contributed by atoms with Crippen molar-refractivity contribution in [3.63, 3.8) is 0 Å². The molecule has 0 aromatic heterocycles. The molecule has 0 unspecified atom stereocenters.